The van der Waals surface area contributed by atoms with Crippen LogP contribution in [0, 0.1) is 0 Å². The van der Waals surface area contributed by atoms with Crippen LogP contribution in [0.1, 0.15) is 16.8 Å². The van der Waals surface area contributed by atoms with E-state index in [1.54, 1.807) is 31.4 Å². The number of para-hydroxylation sites is 1. The van der Waals surface area contributed by atoms with Gasteiger partial charge in [0.1, 0.15) is 11.9 Å². The van der Waals surface area contributed by atoms with E-state index in [2.05, 4.69) is 34.1 Å². The van der Waals surface area contributed by atoms with Crippen LogP contribution < -0.4 is 9.64 Å². The average Bonchev–Trinajstić information content (AvgIpc) is 2.72. The molecular formula is C21H26N2O3. The summed E-state index contributed by atoms with van der Waals surface area (Å²) in [7, 11) is 1.59. The monoisotopic (exact) mass is 354 g/mol. The van der Waals surface area contributed by atoms with E-state index in [-0.39, 0.29) is 5.78 Å². The fourth-order valence-corrected chi connectivity index (χ4v) is 3.25. The van der Waals surface area contributed by atoms with Gasteiger partial charge in [-0.1, -0.05) is 18.2 Å². The lowest BCUT2D eigenvalue weighted by Crippen LogP contribution is -2.47. The first-order chi connectivity index (χ1) is 12.7. The fourth-order valence-electron chi connectivity index (χ4n) is 3.25. The molecule has 0 aliphatic carbocycles. The standard InChI is InChI=1S/C21H26N2O3/c1-26-19-9-7-17(8-10-19)21(25)20(24)11-12-22-13-15-23(16-14-22)18-5-3-2-4-6-18/h2-10,20,24H,11-16H2,1H3. The Morgan fingerprint density at radius 1 is 1.04 bits per heavy atom. The Morgan fingerprint density at radius 3 is 2.31 bits per heavy atom. The molecule has 1 fully saturated rings. The zero-order valence-corrected chi connectivity index (χ0v) is 15.2. The summed E-state index contributed by atoms with van der Waals surface area (Å²) in [5.41, 5.74) is 1.77. The summed E-state index contributed by atoms with van der Waals surface area (Å²) in [5.74, 6) is 0.475. The van der Waals surface area contributed by atoms with Gasteiger partial charge >= 0.3 is 0 Å². The molecule has 1 atom stereocenters. The minimum absolute atomic E-state index is 0.226. The van der Waals surface area contributed by atoms with Crippen molar-refractivity contribution in [2.45, 2.75) is 12.5 Å². The van der Waals surface area contributed by atoms with E-state index in [9.17, 15) is 9.90 Å². The number of hydrogen-bond acceptors (Lipinski definition) is 5. The molecule has 0 amide bonds. The summed E-state index contributed by atoms with van der Waals surface area (Å²) >= 11 is 0. The molecule has 5 heteroatoms. The molecule has 5 nitrogen and oxygen atoms in total. The Kier molecular flexibility index (Phi) is 6.26. The van der Waals surface area contributed by atoms with Crippen molar-refractivity contribution in [3.05, 3.63) is 60.2 Å². The van der Waals surface area contributed by atoms with Gasteiger partial charge < -0.3 is 14.7 Å². The maximum absolute atomic E-state index is 12.3. The number of ether oxygens (including phenoxy) is 1. The number of carbonyl (C=O) groups excluding carboxylic acids is 1. The van der Waals surface area contributed by atoms with Crippen LogP contribution in [0.5, 0.6) is 5.75 Å². The van der Waals surface area contributed by atoms with Crippen molar-refractivity contribution in [1.29, 1.82) is 0 Å². The van der Waals surface area contributed by atoms with Crippen LogP contribution in [0.2, 0.25) is 0 Å². The number of methoxy groups -OCH3 is 1. The Morgan fingerprint density at radius 2 is 1.69 bits per heavy atom. The normalized spacial score (nSPS) is 16.3. The Labute approximate surface area is 154 Å². The summed E-state index contributed by atoms with van der Waals surface area (Å²) in [6.07, 6.45) is -0.508. The van der Waals surface area contributed by atoms with Gasteiger partial charge in [0.2, 0.25) is 0 Å². The molecule has 0 saturated carbocycles. The molecular weight excluding hydrogens is 328 g/mol. The lowest BCUT2D eigenvalue weighted by Gasteiger charge is -2.36. The van der Waals surface area contributed by atoms with E-state index in [0.29, 0.717) is 17.7 Å². The molecule has 0 radical (unpaired) electrons. The summed E-state index contributed by atoms with van der Waals surface area (Å²) in [6.45, 7) is 4.54. The Bertz CT molecular complexity index is 695. The summed E-state index contributed by atoms with van der Waals surface area (Å²) in [6, 6.07) is 17.3. The summed E-state index contributed by atoms with van der Waals surface area (Å²) < 4.78 is 5.09. The highest BCUT2D eigenvalue weighted by Crippen LogP contribution is 2.17. The number of carbonyl (C=O) groups is 1. The molecule has 2 aromatic carbocycles. The van der Waals surface area contributed by atoms with Gasteiger partial charge in [-0.3, -0.25) is 9.69 Å². The van der Waals surface area contributed by atoms with Crippen molar-refractivity contribution in [3.8, 4) is 5.75 Å². The quantitative estimate of drug-likeness (QED) is 0.774. The highest BCUT2D eigenvalue weighted by Gasteiger charge is 2.21. The van der Waals surface area contributed by atoms with Crippen molar-refractivity contribution in [2.75, 3.05) is 44.7 Å². The van der Waals surface area contributed by atoms with Crippen LogP contribution in [0.25, 0.3) is 0 Å². The van der Waals surface area contributed by atoms with Crippen molar-refractivity contribution in [1.82, 2.24) is 4.90 Å². The van der Waals surface area contributed by atoms with E-state index in [0.717, 1.165) is 32.7 Å². The fraction of sp³-hybridized carbons (Fsp3) is 0.381. The van der Waals surface area contributed by atoms with Gasteiger partial charge in [0.05, 0.1) is 7.11 Å². The first-order valence-corrected chi connectivity index (χ1v) is 9.06. The first-order valence-electron chi connectivity index (χ1n) is 9.06. The maximum Gasteiger partial charge on any atom is 0.191 e. The largest absolute Gasteiger partial charge is 0.497 e. The van der Waals surface area contributed by atoms with Gasteiger partial charge in [0.25, 0.3) is 0 Å². The first kappa shape index (κ1) is 18.4. The highest BCUT2D eigenvalue weighted by molar-refractivity contribution is 5.99. The van der Waals surface area contributed by atoms with Gasteiger partial charge in [-0.15, -0.1) is 0 Å². The van der Waals surface area contributed by atoms with E-state index in [1.165, 1.54) is 5.69 Å². The van der Waals surface area contributed by atoms with Gasteiger partial charge in [-0.2, -0.15) is 0 Å². The SMILES string of the molecule is COc1ccc(C(=O)C(O)CCN2CCN(c3ccccc3)CC2)cc1. The molecule has 1 saturated heterocycles. The lowest BCUT2D eigenvalue weighted by molar-refractivity contribution is 0.0700. The molecule has 3 rings (SSSR count). The third-order valence-corrected chi connectivity index (χ3v) is 4.89. The van der Waals surface area contributed by atoms with Crippen LogP contribution in [0.3, 0.4) is 0 Å². The minimum Gasteiger partial charge on any atom is -0.497 e. The maximum atomic E-state index is 12.3. The number of hydrogen-bond donors (Lipinski definition) is 1. The molecule has 138 valence electrons. The zero-order chi connectivity index (χ0) is 18.4. The van der Waals surface area contributed by atoms with Crippen LogP contribution in [0.15, 0.2) is 54.6 Å². The van der Waals surface area contributed by atoms with E-state index in [1.807, 2.05) is 6.07 Å². The second kappa shape index (κ2) is 8.83. The van der Waals surface area contributed by atoms with Crippen LogP contribution in [-0.4, -0.2) is 61.7 Å². The number of ketones is 1. The number of aliphatic hydroxyl groups is 1. The van der Waals surface area contributed by atoms with E-state index >= 15 is 0 Å². The van der Waals surface area contributed by atoms with Gasteiger partial charge in [0, 0.05) is 44.0 Å². The van der Waals surface area contributed by atoms with Crippen molar-refractivity contribution >= 4 is 11.5 Å². The lowest BCUT2D eigenvalue weighted by atomic mass is 10.0. The van der Waals surface area contributed by atoms with Gasteiger partial charge in [0.15, 0.2) is 5.78 Å². The van der Waals surface area contributed by atoms with E-state index in [4.69, 9.17) is 4.74 Å². The number of nitrogens with zero attached hydrogens (tertiary/aromatic N) is 2. The van der Waals surface area contributed by atoms with Crippen molar-refractivity contribution in [2.24, 2.45) is 0 Å². The number of benzene rings is 2. The Hall–Kier alpha value is -2.37. The number of rotatable bonds is 7. The molecule has 2 aromatic rings. The number of anilines is 1. The van der Waals surface area contributed by atoms with Crippen molar-refractivity contribution < 1.29 is 14.6 Å². The van der Waals surface area contributed by atoms with Crippen molar-refractivity contribution in [3.63, 3.8) is 0 Å². The second-order valence-corrected chi connectivity index (χ2v) is 6.56. The molecule has 1 aliphatic rings. The molecule has 1 aliphatic heterocycles. The van der Waals surface area contributed by atoms with Crippen LogP contribution in [-0.2, 0) is 0 Å². The number of Topliss-reactive ketones (excluding diaryl/α,β-unsaturated/α-hetero) is 1. The molecule has 0 spiro atoms. The minimum atomic E-state index is -0.962. The molecule has 1 N–H and O–H groups in total. The highest BCUT2D eigenvalue weighted by atomic mass is 16.5. The predicted octanol–water partition coefficient (Wildman–Crippen LogP) is 2.45. The molecule has 1 unspecified atom stereocenters. The predicted molar refractivity (Wildman–Crippen MR) is 103 cm³/mol. The van der Waals surface area contributed by atoms with Gasteiger partial charge in [-0.25, -0.2) is 0 Å². The average molecular weight is 354 g/mol. The van der Waals surface area contributed by atoms with Crippen LogP contribution >= 0.6 is 0 Å². The molecule has 26 heavy (non-hydrogen) atoms. The zero-order valence-electron chi connectivity index (χ0n) is 15.2. The smallest absolute Gasteiger partial charge is 0.191 e. The summed E-state index contributed by atoms with van der Waals surface area (Å²) in [4.78, 5) is 17.0. The third-order valence-electron chi connectivity index (χ3n) is 4.89. The topological polar surface area (TPSA) is 53.0 Å². The molecule has 1 heterocycles. The third kappa shape index (κ3) is 4.62. The molecule has 0 aromatic heterocycles. The number of piperazine rings is 1. The Balaban J connectivity index is 1.44. The summed E-state index contributed by atoms with van der Waals surface area (Å²) in [5, 5.41) is 10.2. The van der Waals surface area contributed by atoms with Gasteiger partial charge in [-0.05, 0) is 42.8 Å². The molecule has 0 bridgehead atoms. The second-order valence-electron chi connectivity index (χ2n) is 6.56. The van der Waals surface area contributed by atoms with Crippen LogP contribution in [0.4, 0.5) is 5.69 Å². The van der Waals surface area contributed by atoms with E-state index < -0.39 is 6.10 Å². The number of aliphatic hydroxyl groups excluding tert-OH is 1.